The smallest absolute Gasteiger partial charge is 0.251 e. The number of nitrogens with zero attached hydrogens (tertiary/aromatic N) is 4. The van der Waals surface area contributed by atoms with Gasteiger partial charge in [-0.2, -0.15) is 0 Å². The number of amides is 2. The highest BCUT2D eigenvalue weighted by Crippen LogP contribution is 2.31. The fourth-order valence-corrected chi connectivity index (χ4v) is 6.72. The van der Waals surface area contributed by atoms with Gasteiger partial charge >= 0.3 is 0 Å². The Balaban J connectivity index is 1.23. The van der Waals surface area contributed by atoms with Gasteiger partial charge in [-0.1, -0.05) is 32.9 Å². The Morgan fingerprint density at radius 1 is 1.19 bits per heavy atom. The second-order valence-electron chi connectivity index (χ2n) is 12.4. The maximum absolute atomic E-state index is 13.6. The maximum atomic E-state index is 13.6. The molecule has 11 nitrogen and oxygen atoms in total. The Kier molecular flexibility index (Phi) is 9.28. The number of piperazine rings is 1. The molecule has 1 aromatic heterocycles. The number of carbonyl (C=O) groups is 3. The highest BCUT2D eigenvalue weighted by molar-refractivity contribution is 7.14. The highest BCUT2D eigenvalue weighted by atomic mass is 32.1. The summed E-state index contributed by atoms with van der Waals surface area (Å²) in [5.74, 6) is -0.981. The second kappa shape index (κ2) is 12.8. The molecule has 0 bridgehead atoms. The number of fused-ring (bicyclic) bond motifs is 1. The predicted octanol–water partition coefficient (Wildman–Crippen LogP) is 1.65. The number of methoxy groups -OCH3 is 1. The van der Waals surface area contributed by atoms with Crippen LogP contribution in [0.15, 0.2) is 29.6 Å². The molecule has 0 unspecified atom stereocenters. The van der Waals surface area contributed by atoms with Crippen LogP contribution in [-0.4, -0.2) is 121 Å². The van der Waals surface area contributed by atoms with Crippen molar-refractivity contribution in [2.75, 3.05) is 64.5 Å². The van der Waals surface area contributed by atoms with Crippen molar-refractivity contribution in [2.45, 2.75) is 51.5 Å². The molecule has 0 saturated carbocycles. The number of benzene rings is 1. The van der Waals surface area contributed by atoms with Crippen molar-refractivity contribution in [3.05, 3.63) is 35.2 Å². The number of carbonyl (C=O) groups excluding carboxylic acids is 3. The van der Waals surface area contributed by atoms with Gasteiger partial charge in [-0.25, -0.2) is 4.98 Å². The van der Waals surface area contributed by atoms with Gasteiger partial charge in [-0.15, -0.1) is 11.3 Å². The molecule has 0 spiro atoms. The monoisotopic (exact) mass is 599 g/mol. The minimum atomic E-state index is -0.930. The molecule has 0 radical (unpaired) electrons. The molecule has 3 fully saturated rings. The van der Waals surface area contributed by atoms with E-state index in [0.29, 0.717) is 12.0 Å². The number of aliphatic hydroxyl groups is 1. The Morgan fingerprint density at radius 3 is 2.57 bits per heavy atom. The van der Waals surface area contributed by atoms with Crippen molar-refractivity contribution >= 4 is 34.1 Å². The molecule has 3 saturated heterocycles. The number of ketones is 1. The van der Waals surface area contributed by atoms with Crippen LogP contribution < -0.4 is 10.2 Å². The first-order valence-corrected chi connectivity index (χ1v) is 15.4. The Bertz CT molecular complexity index is 1270. The van der Waals surface area contributed by atoms with Crippen molar-refractivity contribution in [2.24, 2.45) is 5.41 Å². The van der Waals surface area contributed by atoms with Gasteiger partial charge in [0.1, 0.15) is 30.9 Å². The van der Waals surface area contributed by atoms with Crippen molar-refractivity contribution < 1.29 is 29.0 Å². The lowest BCUT2D eigenvalue weighted by atomic mass is 9.87. The summed E-state index contributed by atoms with van der Waals surface area (Å²) >= 11 is 1.62. The molecule has 2 amide bonds. The zero-order valence-electron chi connectivity index (χ0n) is 24.7. The Morgan fingerprint density at radius 2 is 1.90 bits per heavy atom. The topological polar surface area (TPSA) is 125 Å². The van der Waals surface area contributed by atoms with Crippen LogP contribution in [0.5, 0.6) is 0 Å². The molecule has 0 aliphatic carbocycles. The fourth-order valence-electron chi connectivity index (χ4n) is 5.83. The van der Waals surface area contributed by atoms with Crippen LogP contribution in [0, 0.1) is 5.41 Å². The van der Waals surface area contributed by atoms with E-state index < -0.39 is 24.3 Å². The number of aliphatic hydroxyl groups excluding tert-OH is 1. The number of anilines is 1. The van der Waals surface area contributed by atoms with Crippen molar-refractivity contribution in [1.82, 2.24) is 20.1 Å². The third-order valence-electron chi connectivity index (χ3n) is 8.05. The number of aromatic nitrogens is 1. The second-order valence-corrected chi connectivity index (χ2v) is 13.3. The third-order valence-corrected chi connectivity index (χ3v) is 8.95. The van der Waals surface area contributed by atoms with E-state index in [0.717, 1.165) is 55.7 Å². The van der Waals surface area contributed by atoms with E-state index in [4.69, 9.17) is 14.5 Å². The van der Waals surface area contributed by atoms with Crippen LogP contribution in [0.1, 0.15) is 37.6 Å². The third kappa shape index (κ3) is 6.84. The lowest BCUT2D eigenvalue weighted by Crippen LogP contribution is -2.53. The van der Waals surface area contributed by atoms with Gasteiger partial charge in [0.25, 0.3) is 5.91 Å². The lowest BCUT2D eigenvalue weighted by molar-refractivity contribution is -0.138. The van der Waals surface area contributed by atoms with E-state index >= 15 is 0 Å². The Hall–Kier alpha value is -2.90. The SMILES string of the molecule is COCCN1CCN(c2nc(-c3ccc(C(=O)N[C@@H](CC(C)(C)C)C(=O)N4C[C@@H](O)[C@H]5OCC(=O)[C@H]54)cc3)cs2)CC1. The molecule has 2 aromatic rings. The Labute approximate surface area is 250 Å². The molecular formula is C30H41N5O6S. The van der Waals surface area contributed by atoms with E-state index in [1.807, 2.05) is 38.3 Å². The van der Waals surface area contributed by atoms with Crippen LogP contribution in [0.3, 0.4) is 0 Å². The number of rotatable bonds is 9. The van der Waals surface area contributed by atoms with Crippen LogP contribution in [0.4, 0.5) is 5.13 Å². The zero-order valence-corrected chi connectivity index (χ0v) is 25.6. The highest BCUT2D eigenvalue weighted by Gasteiger charge is 2.53. The summed E-state index contributed by atoms with van der Waals surface area (Å²) in [7, 11) is 1.73. The molecule has 42 heavy (non-hydrogen) atoms. The summed E-state index contributed by atoms with van der Waals surface area (Å²) in [5, 5.41) is 16.3. The largest absolute Gasteiger partial charge is 0.388 e. The number of hydrogen-bond acceptors (Lipinski definition) is 10. The van der Waals surface area contributed by atoms with Crippen molar-refractivity contribution in [3.8, 4) is 11.3 Å². The minimum Gasteiger partial charge on any atom is -0.388 e. The van der Waals surface area contributed by atoms with E-state index in [1.165, 1.54) is 4.90 Å². The summed E-state index contributed by atoms with van der Waals surface area (Å²) in [4.78, 5) is 50.3. The number of thiazole rings is 1. The number of Topliss-reactive ketones (excluding diaryl/α,β-unsaturated/α-hetero) is 1. The van der Waals surface area contributed by atoms with Gasteiger partial charge in [0.15, 0.2) is 10.9 Å². The maximum Gasteiger partial charge on any atom is 0.251 e. The number of ether oxygens (including phenoxy) is 2. The fraction of sp³-hybridized carbons (Fsp3) is 0.600. The van der Waals surface area contributed by atoms with Gasteiger partial charge in [0.05, 0.1) is 18.8 Å². The minimum absolute atomic E-state index is 0.00421. The molecule has 12 heteroatoms. The van der Waals surface area contributed by atoms with Crippen molar-refractivity contribution in [1.29, 1.82) is 0 Å². The first kappa shape index (κ1) is 30.6. The summed E-state index contributed by atoms with van der Waals surface area (Å²) < 4.78 is 10.6. The normalized spacial score (nSPS) is 23.7. The lowest BCUT2D eigenvalue weighted by Gasteiger charge is -2.34. The van der Waals surface area contributed by atoms with Crippen LogP contribution in [0.25, 0.3) is 11.3 Å². The van der Waals surface area contributed by atoms with E-state index in [9.17, 15) is 19.5 Å². The molecule has 228 valence electrons. The van der Waals surface area contributed by atoms with Gasteiger partial charge in [-0.05, 0) is 24.0 Å². The number of hydrogen-bond donors (Lipinski definition) is 2. The molecule has 4 atom stereocenters. The number of β-amino-alcohol motifs (C(OH)–C–C–N with tert-alkyl or cyclic N) is 1. The van der Waals surface area contributed by atoms with Gasteiger partial charge in [0.2, 0.25) is 5.91 Å². The quantitative estimate of drug-likeness (QED) is 0.443. The predicted molar refractivity (Wildman–Crippen MR) is 160 cm³/mol. The zero-order chi connectivity index (χ0) is 30.0. The average Bonchev–Trinajstić information content (AvgIpc) is 3.69. The van der Waals surface area contributed by atoms with E-state index in [-0.39, 0.29) is 36.2 Å². The molecule has 1 aromatic carbocycles. The van der Waals surface area contributed by atoms with E-state index in [1.54, 1.807) is 30.6 Å². The first-order valence-electron chi connectivity index (χ1n) is 14.5. The summed E-state index contributed by atoms with van der Waals surface area (Å²) in [6.45, 7) is 11.3. The number of likely N-dealkylation sites (tertiary alicyclic amines) is 1. The summed E-state index contributed by atoms with van der Waals surface area (Å²) in [6, 6.07) is 5.54. The standard InChI is InChI=1S/C30H41N5O6S/c1-30(2,3)15-21(28(39)35-16-23(36)26-25(35)24(37)17-41-26)31-27(38)20-7-5-19(6-8-20)22-18-42-29(32-22)34-11-9-33(10-12-34)13-14-40-4/h5-8,18,21,23,25-26,36H,9-17H2,1-4H3,(H,31,38)/t21-,23+,25+,26+/m0/s1. The molecular weight excluding hydrogens is 558 g/mol. The summed E-state index contributed by atoms with van der Waals surface area (Å²) in [6.07, 6.45) is -1.27. The molecule has 5 rings (SSSR count). The van der Waals surface area contributed by atoms with Gasteiger partial charge < -0.3 is 29.7 Å². The molecule has 3 aliphatic rings. The molecule has 3 aliphatic heterocycles. The summed E-state index contributed by atoms with van der Waals surface area (Å²) in [5.41, 5.74) is 1.92. The van der Waals surface area contributed by atoms with Crippen LogP contribution >= 0.6 is 11.3 Å². The van der Waals surface area contributed by atoms with Gasteiger partial charge in [-0.3, -0.25) is 19.3 Å². The molecule has 4 heterocycles. The van der Waals surface area contributed by atoms with Crippen LogP contribution in [-0.2, 0) is 19.1 Å². The number of nitrogens with one attached hydrogen (secondary N) is 1. The van der Waals surface area contributed by atoms with Crippen molar-refractivity contribution in [3.63, 3.8) is 0 Å². The molecule has 2 N–H and O–H groups in total. The van der Waals surface area contributed by atoms with Gasteiger partial charge in [0, 0.05) is 56.3 Å². The van der Waals surface area contributed by atoms with E-state index in [2.05, 4.69) is 15.1 Å². The van der Waals surface area contributed by atoms with Crippen LogP contribution in [0.2, 0.25) is 0 Å². The average molecular weight is 600 g/mol. The first-order chi connectivity index (χ1) is 20.0.